The largest absolute Gasteiger partial charge is 0.469 e. The Morgan fingerprint density at radius 3 is 2.80 bits per heavy atom. The maximum Gasteiger partial charge on any atom is 0.160 e. The molecule has 0 saturated heterocycles. The van der Waals surface area contributed by atoms with E-state index in [1.807, 2.05) is 6.08 Å². The van der Waals surface area contributed by atoms with Gasteiger partial charge >= 0.3 is 0 Å². The van der Waals surface area contributed by atoms with Gasteiger partial charge in [0.1, 0.15) is 0 Å². The summed E-state index contributed by atoms with van der Waals surface area (Å²) in [5.41, 5.74) is 5.78. The molecule has 1 aliphatic heterocycles. The van der Waals surface area contributed by atoms with Gasteiger partial charge in [0, 0.05) is 5.41 Å². The lowest BCUT2D eigenvalue weighted by Crippen LogP contribution is -2.40. The maximum absolute atomic E-state index is 5.71. The number of halogens is 1. The average molecular weight is 206 g/mol. The van der Waals surface area contributed by atoms with Gasteiger partial charge in [0.15, 0.2) is 10.9 Å². The maximum atomic E-state index is 5.71. The van der Waals surface area contributed by atoms with E-state index >= 15 is 0 Å². The van der Waals surface area contributed by atoms with Crippen molar-refractivity contribution in [3.63, 3.8) is 0 Å². The second-order valence-corrected chi connectivity index (χ2v) is 4.02. The molecule has 0 saturated carbocycles. The number of rotatable bonds is 0. The van der Waals surface area contributed by atoms with Crippen LogP contribution in [0.1, 0.15) is 20.3 Å². The molecule has 0 aliphatic carbocycles. The van der Waals surface area contributed by atoms with Crippen LogP contribution >= 0.6 is 15.9 Å². The van der Waals surface area contributed by atoms with Crippen LogP contribution in [0.3, 0.4) is 0 Å². The Kier molecular flexibility index (Phi) is 2.06. The number of hydrogen-bond donors (Lipinski definition) is 1. The molecule has 0 amide bonds. The standard InChI is InChI=1S/C7H12BrNO/c1-7(2)4-3-5(8)10-6(7)9/h3,6H,4,9H2,1-2H3. The molecule has 10 heavy (non-hydrogen) atoms. The Balaban J connectivity index is 2.70. The van der Waals surface area contributed by atoms with Crippen molar-refractivity contribution in [1.29, 1.82) is 0 Å². The first-order valence-electron chi connectivity index (χ1n) is 3.30. The summed E-state index contributed by atoms with van der Waals surface area (Å²) >= 11 is 3.24. The van der Waals surface area contributed by atoms with Crippen LogP contribution in [0.25, 0.3) is 0 Å². The minimum absolute atomic E-state index is 0.0667. The van der Waals surface area contributed by atoms with Gasteiger partial charge in [-0.25, -0.2) is 0 Å². The zero-order valence-corrected chi connectivity index (χ0v) is 7.81. The Hall–Kier alpha value is -0.0200. The highest BCUT2D eigenvalue weighted by Crippen LogP contribution is 2.33. The van der Waals surface area contributed by atoms with Gasteiger partial charge in [-0.3, -0.25) is 5.73 Å². The molecule has 0 aromatic heterocycles. The first kappa shape index (κ1) is 8.08. The van der Waals surface area contributed by atoms with Crippen molar-refractivity contribution in [2.45, 2.75) is 26.5 Å². The normalized spacial score (nSPS) is 30.8. The SMILES string of the molecule is CC1(C)CC=C(Br)OC1N. The van der Waals surface area contributed by atoms with Gasteiger partial charge in [0.05, 0.1) is 0 Å². The van der Waals surface area contributed by atoms with Gasteiger partial charge in [-0.1, -0.05) is 13.8 Å². The predicted molar refractivity (Wildman–Crippen MR) is 44.5 cm³/mol. The number of allylic oxidation sites excluding steroid dienone is 1. The van der Waals surface area contributed by atoms with Gasteiger partial charge < -0.3 is 4.74 Å². The van der Waals surface area contributed by atoms with Crippen molar-refractivity contribution in [3.05, 3.63) is 10.7 Å². The first-order valence-corrected chi connectivity index (χ1v) is 4.09. The minimum Gasteiger partial charge on any atom is -0.469 e. The molecule has 0 radical (unpaired) electrons. The molecule has 1 unspecified atom stereocenters. The molecule has 2 nitrogen and oxygen atoms in total. The van der Waals surface area contributed by atoms with Crippen LogP contribution in [0, 0.1) is 5.41 Å². The van der Waals surface area contributed by atoms with Crippen molar-refractivity contribution in [3.8, 4) is 0 Å². The molecule has 1 atom stereocenters. The van der Waals surface area contributed by atoms with Crippen molar-refractivity contribution in [2.75, 3.05) is 0 Å². The number of hydrogen-bond acceptors (Lipinski definition) is 2. The Bertz CT molecular complexity index is 165. The lowest BCUT2D eigenvalue weighted by atomic mass is 9.86. The van der Waals surface area contributed by atoms with Gasteiger partial charge in [-0.2, -0.15) is 0 Å². The van der Waals surface area contributed by atoms with E-state index < -0.39 is 0 Å². The second kappa shape index (κ2) is 2.55. The van der Waals surface area contributed by atoms with E-state index in [0.29, 0.717) is 0 Å². The van der Waals surface area contributed by atoms with E-state index in [0.717, 1.165) is 11.1 Å². The molecule has 58 valence electrons. The Labute approximate surface area is 69.6 Å². The lowest BCUT2D eigenvalue weighted by Gasteiger charge is -2.33. The molecule has 0 aromatic carbocycles. The zero-order valence-electron chi connectivity index (χ0n) is 6.23. The Morgan fingerprint density at radius 1 is 1.80 bits per heavy atom. The van der Waals surface area contributed by atoms with Crippen molar-refractivity contribution in [1.82, 2.24) is 0 Å². The van der Waals surface area contributed by atoms with E-state index in [4.69, 9.17) is 10.5 Å². The summed E-state index contributed by atoms with van der Waals surface area (Å²) in [5.74, 6) is 0. The third kappa shape index (κ3) is 1.52. The van der Waals surface area contributed by atoms with E-state index in [1.165, 1.54) is 0 Å². The second-order valence-electron chi connectivity index (χ2n) is 3.24. The molecule has 1 heterocycles. The van der Waals surface area contributed by atoms with E-state index in [9.17, 15) is 0 Å². The fraction of sp³-hybridized carbons (Fsp3) is 0.714. The predicted octanol–water partition coefficient (Wildman–Crippen LogP) is 1.95. The number of ether oxygens (including phenoxy) is 1. The minimum atomic E-state index is -0.188. The van der Waals surface area contributed by atoms with Crippen LogP contribution in [0.15, 0.2) is 10.7 Å². The third-order valence-corrected chi connectivity index (χ3v) is 2.31. The van der Waals surface area contributed by atoms with Crippen molar-refractivity contribution < 1.29 is 4.74 Å². The van der Waals surface area contributed by atoms with Gasteiger partial charge in [0.2, 0.25) is 0 Å². The topological polar surface area (TPSA) is 35.2 Å². The molecule has 0 aromatic rings. The molecule has 2 N–H and O–H groups in total. The van der Waals surface area contributed by atoms with Crippen molar-refractivity contribution in [2.24, 2.45) is 11.1 Å². The average Bonchev–Trinajstić information content (AvgIpc) is 1.81. The summed E-state index contributed by atoms with van der Waals surface area (Å²) in [7, 11) is 0. The summed E-state index contributed by atoms with van der Waals surface area (Å²) in [6.45, 7) is 4.18. The molecule has 3 heteroatoms. The molecular formula is C7H12BrNO. The molecule has 0 fully saturated rings. The molecule has 0 spiro atoms. The summed E-state index contributed by atoms with van der Waals surface area (Å²) in [6.07, 6.45) is 2.78. The van der Waals surface area contributed by atoms with Crippen LogP contribution in [-0.2, 0) is 4.74 Å². The summed E-state index contributed by atoms with van der Waals surface area (Å²) in [6, 6.07) is 0. The smallest absolute Gasteiger partial charge is 0.160 e. The van der Waals surface area contributed by atoms with E-state index in [2.05, 4.69) is 29.8 Å². The molecule has 0 bridgehead atoms. The number of nitrogens with two attached hydrogens (primary N) is 1. The summed E-state index contributed by atoms with van der Waals surface area (Å²) in [4.78, 5) is 0. The summed E-state index contributed by atoms with van der Waals surface area (Å²) < 4.78 is 6.02. The fourth-order valence-corrected chi connectivity index (χ4v) is 1.15. The van der Waals surface area contributed by atoms with E-state index in [-0.39, 0.29) is 11.6 Å². The molecular weight excluding hydrogens is 194 g/mol. The first-order chi connectivity index (χ1) is 4.52. The molecule has 1 aliphatic rings. The highest BCUT2D eigenvalue weighted by atomic mass is 79.9. The van der Waals surface area contributed by atoms with Crippen molar-refractivity contribution >= 4 is 15.9 Å². The van der Waals surface area contributed by atoms with Gasteiger partial charge in [-0.15, -0.1) is 0 Å². The fourth-order valence-electron chi connectivity index (χ4n) is 0.788. The Morgan fingerprint density at radius 2 is 2.40 bits per heavy atom. The molecule has 1 rings (SSSR count). The highest BCUT2D eigenvalue weighted by molar-refractivity contribution is 9.11. The monoisotopic (exact) mass is 205 g/mol. The van der Waals surface area contributed by atoms with Crippen LogP contribution in [0.5, 0.6) is 0 Å². The zero-order chi connectivity index (χ0) is 7.78. The van der Waals surface area contributed by atoms with Gasteiger partial charge in [-0.05, 0) is 28.4 Å². The van der Waals surface area contributed by atoms with Crippen LogP contribution in [0.2, 0.25) is 0 Å². The van der Waals surface area contributed by atoms with E-state index in [1.54, 1.807) is 0 Å². The van der Waals surface area contributed by atoms with Gasteiger partial charge in [0.25, 0.3) is 0 Å². The van der Waals surface area contributed by atoms with Crippen LogP contribution in [0.4, 0.5) is 0 Å². The lowest BCUT2D eigenvalue weighted by molar-refractivity contribution is 0.0213. The highest BCUT2D eigenvalue weighted by Gasteiger charge is 2.30. The van der Waals surface area contributed by atoms with Crippen LogP contribution < -0.4 is 5.73 Å². The quantitative estimate of drug-likeness (QED) is 0.657. The van der Waals surface area contributed by atoms with Crippen LogP contribution in [-0.4, -0.2) is 6.23 Å². The third-order valence-electron chi connectivity index (χ3n) is 1.80. The summed E-state index contributed by atoms with van der Waals surface area (Å²) in [5, 5.41) is 0.